The zero-order valence-corrected chi connectivity index (χ0v) is 8.51. The van der Waals surface area contributed by atoms with Gasteiger partial charge in [0.2, 0.25) is 0 Å². The van der Waals surface area contributed by atoms with E-state index in [4.69, 9.17) is 11.5 Å². The lowest BCUT2D eigenvalue weighted by atomic mass is 9.71. The van der Waals surface area contributed by atoms with Crippen LogP contribution in [0, 0.1) is 11.8 Å². The van der Waals surface area contributed by atoms with Gasteiger partial charge in [-0.25, -0.2) is 0 Å². The van der Waals surface area contributed by atoms with Gasteiger partial charge >= 0.3 is 0 Å². The average molecular weight is 170 g/mol. The van der Waals surface area contributed by atoms with Gasteiger partial charge < -0.3 is 11.5 Å². The topological polar surface area (TPSA) is 52.0 Å². The van der Waals surface area contributed by atoms with E-state index in [1.54, 1.807) is 0 Å². The maximum atomic E-state index is 6.06. The lowest BCUT2D eigenvalue weighted by Gasteiger charge is -2.41. The molecule has 0 radical (unpaired) electrons. The van der Waals surface area contributed by atoms with Crippen LogP contribution < -0.4 is 11.5 Å². The summed E-state index contributed by atoms with van der Waals surface area (Å²) < 4.78 is 0. The molecule has 0 spiro atoms. The fraction of sp³-hybridized carbons (Fsp3) is 1.00. The molecule has 1 aliphatic rings. The first-order valence-corrected chi connectivity index (χ1v) is 4.98. The first-order valence-electron chi connectivity index (χ1n) is 4.98. The monoisotopic (exact) mass is 170 g/mol. The third-order valence-electron chi connectivity index (χ3n) is 3.40. The van der Waals surface area contributed by atoms with Crippen LogP contribution >= 0.6 is 0 Å². The molecule has 3 unspecified atom stereocenters. The Hall–Kier alpha value is -0.0800. The molecule has 0 bridgehead atoms. The Balaban J connectivity index is 2.52. The van der Waals surface area contributed by atoms with Crippen molar-refractivity contribution in [1.82, 2.24) is 0 Å². The predicted molar refractivity (Wildman–Crippen MR) is 52.7 cm³/mol. The summed E-state index contributed by atoms with van der Waals surface area (Å²) in [5.41, 5.74) is 12.0. The Morgan fingerprint density at radius 1 is 1.42 bits per heavy atom. The van der Waals surface area contributed by atoms with Crippen molar-refractivity contribution in [3.05, 3.63) is 0 Å². The molecule has 2 nitrogen and oxygen atoms in total. The molecule has 1 saturated carbocycles. The first-order chi connectivity index (χ1) is 5.43. The molecule has 4 N–H and O–H groups in total. The fourth-order valence-electron chi connectivity index (χ4n) is 2.00. The van der Waals surface area contributed by atoms with Crippen molar-refractivity contribution in [1.29, 1.82) is 0 Å². The van der Waals surface area contributed by atoms with E-state index in [0.717, 1.165) is 24.7 Å². The van der Waals surface area contributed by atoms with E-state index in [9.17, 15) is 0 Å². The molecule has 0 aromatic heterocycles. The molecule has 1 fully saturated rings. The smallest absolute Gasteiger partial charge is 0.0279 e. The summed E-state index contributed by atoms with van der Waals surface area (Å²) in [6, 6.07) is 0.193. The van der Waals surface area contributed by atoms with Gasteiger partial charge in [-0.2, -0.15) is 0 Å². The molecule has 0 aliphatic heterocycles. The quantitative estimate of drug-likeness (QED) is 0.626. The number of hydrogen-bond donors (Lipinski definition) is 2. The second kappa shape index (κ2) is 3.35. The normalized spacial score (nSPS) is 43.5. The number of hydrogen-bond acceptors (Lipinski definition) is 2. The van der Waals surface area contributed by atoms with Crippen LogP contribution in [0.25, 0.3) is 0 Å². The fourth-order valence-corrected chi connectivity index (χ4v) is 2.00. The van der Waals surface area contributed by atoms with Crippen LogP contribution in [0.1, 0.15) is 40.0 Å². The first kappa shape index (κ1) is 10.0. The minimum atomic E-state index is -0.120. The number of nitrogens with two attached hydrogens (primary N) is 2. The van der Waals surface area contributed by atoms with Crippen LogP contribution in [0.2, 0.25) is 0 Å². The molecule has 0 heterocycles. The van der Waals surface area contributed by atoms with Crippen LogP contribution in [0.15, 0.2) is 0 Å². The Kier molecular flexibility index (Phi) is 2.79. The molecular weight excluding hydrogens is 148 g/mol. The van der Waals surface area contributed by atoms with Gasteiger partial charge in [0.25, 0.3) is 0 Å². The van der Waals surface area contributed by atoms with E-state index in [1.807, 2.05) is 0 Å². The molecule has 0 aromatic carbocycles. The molecule has 72 valence electrons. The van der Waals surface area contributed by atoms with Gasteiger partial charge in [0, 0.05) is 11.6 Å². The van der Waals surface area contributed by atoms with Crippen LogP contribution in [0.3, 0.4) is 0 Å². The maximum absolute atomic E-state index is 6.06. The molecule has 0 aromatic rings. The summed E-state index contributed by atoms with van der Waals surface area (Å²) in [5, 5.41) is 0. The molecule has 12 heavy (non-hydrogen) atoms. The summed E-state index contributed by atoms with van der Waals surface area (Å²) in [6.07, 6.45) is 3.43. The Morgan fingerprint density at radius 2 is 2.00 bits per heavy atom. The van der Waals surface area contributed by atoms with Crippen LogP contribution in [0.5, 0.6) is 0 Å². The average Bonchev–Trinajstić information content (AvgIpc) is 1.94. The third-order valence-corrected chi connectivity index (χ3v) is 3.40. The van der Waals surface area contributed by atoms with Crippen LogP contribution in [-0.2, 0) is 0 Å². The SMILES string of the molecule is CC(C)C1CCC(C)(N)C(N)C1. The second-order valence-corrected chi connectivity index (χ2v) is 4.89. The Morgan fingerprint density at radius 3 is 2.42 bits per heavy atom. The van der Waals surface area contributed by atoms with Gasteiger partial charge in [0.1, 0.15) is 0 Å². The molecule has 2 heteroatoms. The Bertz CT molecular complexity index is 152. The van der Waals surface area contributed by atoms with Gasteiger partial charge in [-0.05, 0) is 38.0 Å². The van der Waals surface area contributed by atoms with Crippen LogP contribution in [0.4, 0.5) is 0 Å². The van der Waals surface area contributed by atoms with E-state index >= 15 is 0 Å². The number of rotatable bonds is 1. The molecule has 0 saturated heterocycles. The summed E-state index contributed by atoms with van der Waals surface area (Å²) >= 11 is 0. The van der Waals surface area contributed by atoms with Gasteiger partial charge in [0.15, 0.2) is 0 Å². The molecule has 0 amide bonds. The lowest BCUT2D eigenvalue weighted by molar-refractivity contribution is 0.179. The van der Waals surface area contributed by atoms with Gasteiger partial charge in [-0.3, -0.25) is 0 Å². The molecule has 1 aliphatic carbocycles. The minimum Gasteiger partial charge on any atom is -0.326 e. The van der Waals surface area contributed by atoms with Crippen molar-refractivity contribution in [2.45, 2.75) is 51.6 Å². The lowest BCUT2D eigenvalue weighted by Crippen LogP contribution is -2.56. The largest absolute Gasteiger partial charge is 0.326 e. The Labute approximate surface area is 75.7 Å². The van der Waals surface area contributed by atoms with E-state index in [0.29, 0.717) is 0 Å². The highest BCUT2D eigenvalue weighted by Crippen LogP contribution is 2.33. The van der Waals surface area contributed by atoms with Gasteiger partial charge in [-0.15, -0.1) is 0 Å². The summed E-state index contributed by atoms with van der Waals surface area (Å²) in [4.78, 5) is 0. The zero-order valence-electron chi connectivity index (χ0n) is 8.51. The van der Waals surface area contributed by atoms with Gasteiger partial charge in [0.05, 0.1) is 0 Å². The van der Waals surface area contributed by atoms with Gasteiger partial charge in [-0.1, -0.05) is 13.8 Å². The molecule has 3 atom stereocenters. The zero-order chi connectivity index (χ0) is 9.35. The van der Waals surface area contributed by atoms with E-state index < -0.39 is 0 Å². The van der Waals surface area contributed by atoms with Crippen LogP contribution in [-0.4, -0.2) is 11.6 Å². The van der Waals surface area contributed by atoms with Crippen molar-refractivity contribution < 1.29 is 0 Å². The molecular formula is C10H22N2. The highest BCUT2D eigenvalue weighted by atomic mass is 14.9. The van der Waals surface area contributed by atoms with Crippen molar-refractivity contribution in [2.24, 2.45) is 23.3 Å². The van der Waals surface area contributed by atoms with Crippen molar-refractivity contribution in [3.63, 3.8) is 0 Å². The highest BCUT2D eigenvalue weighted by molar-refractivity contribution is 4.96. The van der Waals surface area contributed by atoms with Crippen molar-refractivity contribution >= 4 is 0 Å². The third kappa shape index (κ3) is 1.99. The summed E-state index contributed by atoms with van der Waals surface area (Å²) in [6.45, 7) is 6.63. The summed E-state index contributed by atoms with van der Waals surface area (Å²) in [5.74, 6) is 1.55. The highest BCUT2D eigenvalue weighted by Gasteiger charge is 2.35. The van der Waals surface area contributed by atoms with E-state index in [2.05, 4.69) is 20.8 Å². The summed E-state index contributed by atoms with van der Waals surface area (Å²) in [7, 11) is 0. The predicted octanol–water partition coefficient (Wildman–Crippen LogP) is 1.49. The maximum Gasteiger partial charge on any atom is 0.0279 e. The molecule has 1 rings (SSSR count). The second-order valence-electron chi connectivity index (χ2n) is 4.89. The van der Waals surface area contributed by atoms with E-state index in [-0.39, 0.29) is 11.6 Å². The van der Waals surface area contributed by atoms with Crippen molar-refractivity contribution in [3.8, 4) is 0 Å². The standard InChI is InChI=1S/C10H22N2/c1-7(2)8-4-5-10(3,12)9(11)6-8/h7-9H,4-6,11-12H2,1-3H3. The van der Waals surface area contributed by atoms with E-state index in [1.165, 1.54) is 6.42 Å². The van der Waals surface area contributed by atoms with Crippen molar-refractivity contribution in [2.75, 3.05) is 0 Å². The minimum absolute atomic E-state index is 0.120.